The number of carbonyl (C=O) groups is 1. The average molecular weight is 192 g/mol. The van der Waals surface area contributed by atoms with Crippen LogP contribution in [-0.4, -0.2) is 15.6 Å². The molecule has 14 heavy (non-hydrogen) atoms. The molecule has 0 aromatic carbocycles. The molecule has 0 bridgehead atoms. The van der Waals surface area contributed by atoms with Gasteiger partial charge in [-0.25, -0.2) is 0 Å². The molecular formula is C11H16N2O. The van der Waals surface area contributed by atoms with Gasteiger partial charge in [-0.05, 0) is 32.8 Å². The van der Waals surface area contributed by atoms with Gasteiger partial charge in [-0.1, -0.05) is 0 Å². The van der Waals surface area contributed by atoms with Crippen molar-refractivity contribution in [2.75, 3.05) is 0 Å². The van der Waals surface area contributed by atoms with E-state index in [2.05, 4.69) is 18.9 Å². The molecule has 1 heterocycles. The molecule has 0 amide bonds. The molecule has 0 saturated heterocycles. The molecule has 0 unspecified atom stereocenters. The van der Waals surface area contributed by atoms with E-state index in [1.807, 2.05) is 16.9 Å². The van der Waals surface area contributed by atoms with Crippen molar-refractivity contribution < 1.29 is 4.79 Å². The van der Waals surface area contributed by atoms with Crippen LogP contribution in [-0.2, 0) is 11.2 Å². The van der Waals surface area contributed by atoms with E-state index in [9.17, 15) is 4.79 Å². The first-order chi connectivity index (χ1) is 6.66. The Morgan fingerprint density at radius 3 is 2.86 bits per heavy atom. The summed E-state index contributed by atoms with van der Waals surface area (Å²) in [4.78, 5) is 11.5. The van der Waals surface area contributed by atoms with Crippen LogP contribution in [0.2, 0.25) is 0 Å². The van der Waals surface area contributed by atoms with Gasteiger partial charge >= 0.3 is 0 Å². The molecule has 0 atom stereocenters. The summed E-state index contributed by atoms with van der Waals surface area (Å²) < 4.78 is 1.90. The van der Waals surface area contributed by atoms with Crippen LogP contribution in [0.5, 0.6) is 0 Å². The van der Waals surface area contributed by atoms with Crippen LogP contribution in [0, 0.1) is 5.92 Å². The lowest BCUT2D eigenvalue weighted by Crippen LogP contribution is -2.07. The van der Waals surface area contributed by atoms with E-state index in [1.54, 1.807) is 0 Å². The van der Waals surface area contributed by atoms with Crippen LogP contribution in [0.15, 0.2) is 12.3 Å². The minimum Gasteiger partial charge on any atom is -0.299 e. The first-order valence-electron chi connectivity index (χ1n) is 5.23. The van der Waals surface area contributed by atoms with Gasteiger partial charge in [-0.2, -0.15) is 5.10 Å². The largest absolute Gasteiger partial charge is 0.299 e. The Bertz CT molecular complexity index is 337. The Morgan fingerprint density at radius 1 is 1.64 bits per heavy atom. The lowest BCUT2D eigenvalue weighted by molar-refractivity contribution is -0.119. The van der Waals surface area contributed by atoms with Crippen molar-refractivity contribution in [3.05, 3.63) is 18.0 Å². The van der Waals surface area contributed by atoms with Crippen LogP contribution in [0.25, 0.3) is 0 Å². The monoisotopic (exact) mass is 192 g/mol. The van der Waals surface area contributed by atoms with Crippen LogP contribution in [0.4, 0.5) is 0 Å². The van der Waals surface area contributed by atoms with E-state index in [0.717, 1.165) is 18.5 Å². The third kappa shape index (κ3) is 2.03. The van der Waals surface area contributed by atoms with Gasteiger partial charge in [-0.3, -0.25) is 9.48 Å². The number of aromatic nitrogens is 2. The molecule has 1 aliphatic rings. The summed E-state index contributed by atoms with van der Waals surface area (Å²) >= 11 is 0. The number of nitrogens with zero attached hydrogens (tertiary/aromatic N) is 2. The van der Waals surface area contributed by atoms with Crippen molar-refractivity contribution in [3.63, 3.8) is 0 Å². The number of ketones is 1. The average Bonchev–Trinajstić information content (AvgIpc) is 2.87. The highest BCUT2D eigenvalue weighted by Gasteiger charge is 2.29. The van der Waals surface area contributed by atoms with Gasteiger partial charge in [0.15, 0.2) is 0 Å². The molecule has 1 saturated carbocycles. The zero-order chi connectivity index (χ0) is 10.1. The van der Waals surface area contributed by atoms with Crippen molar-refractivity contribution in [2.45, 2.75) is 39.2 Å². The zero-order valence-corrected chi connectivity index (χ0v) is 8.73. The highest BCUT2D eigenvalue weighted by molar-refractivity contribution is 5.84. The molecule has 1 fully saturated rings. The SMILES string of the molecule is CC(C)n1ccc(CC(=O)C2CC2)n1. The summed E-state index contributed by atoms with van der Waals surface area (Å²) in [6, 6.07) is 2.32. The number of hydrogen-bond donors (Lipinski definition) is 0. The molecule has 3 nitrogen and oxygen atoms in total. The highest BCUT2D eigenvalue weighted by Crippen LogP contribution is 2.30. The molecule has 0 N–H and O–H groups in total. The Balaban J connectivity index is 1.98. The number of hydrogen-bond acceptors (Lipinski definition) is 2. The van der Waals surface area contributed by atoms with Crippen LogP contribution < -0.4 is 0 Å². The Labute approximate surface area is 84.1 Å². The molecule has 1 aliphatic carbocycles. The Kier molecular flexibility index (Phi) is 2.40. The van der Waals surface area contributed by atoms with Crippen molar-refractivity contribution >= 4 is 5.78 Å². The van der Waals surface area contributed by atoms with Gasteiger partial charge in [0.25, 0.3) is 0 Å². The topological polar surface area (TPSA) is 34.9 Å². The van der Waals surface area contributed by atoms with Crippen molar-refractivity contribution in [1.29, 1.82) is 0 Å². The lowest BCUT2D eigenvalue weighted by atomic mass is 10.1. The second-order valence-corrected chi connectivity index (χ2v) is 4.30. The maximum Gasteiger partial charge on any atom is 0.141 e. The minimum absolute atomic E-state index is 0.346. The summed E-state index contributed by atoms with van der Waals surface area (Å²) in [6.07, 6.45) is 4.64. The lowest BCUT2D eigenvalue weighted by Gasteiger charge is -2.03. The zero-order valence-electron chi connectivity index (χ0n) is 8.73. The Hall–Kier alpha value is -1.12. The highest BCUT2D eigenvalue weighted by atomic mass is 16.1. The second kappa shape index (κ2) is 3.56. The predicted molar refractivity (Wildman–Crippen MR) is 54.0 cm³/mol. The molecule has 0 aliphatic heterocycles. The van der Waals surface area contributed by atoms with Gasteiger partial charge in [-0.15, -0.1) is 0 Å². The first-order valence-corrected chi connectivity index (χ1v) is 5.23. The second-order valence-electron chi connectivity index (χ2n) is 4.30. The smallest absolute Gasteiger partial charge is 0.141 e. The Morgan fingerprint density at radius 2 is 2.36 bits per heavy atom. The van der Waals surface area contributed by atoms with E-state index in [1.165, 1.54) is 0 Å². The van der Waals surface area contributed by atoms with E-state index >= 15 is 0 Å². The summed E-state index contributed by atoms with van der Waals surface area (Å²) in [7, 11) is 0. The van der Waals surface area contributed by atoms with Crippen LogP contribution in [0.3, 0.4) is 0 Å². The molecule has 3 heteroatoms. The van der Waals surface area contributed by atoms with E-state index in [0.29, 0.717) is 24.2 Å². The fraction of sp³-hybridized carbons (Fsp3) is 0.636. The predicted octanol–water partition coefficient (Wildman–Crippen LogP) is 1.99. The van der Waals surface area contributed by atoms with Gasteiger partial charge < -0.3 is 0 Å². The van der Waals surface area contributed by atoms with Gasteiger partial charge in [0.2, 0.25) is 0 Å². The van der Waals surface area contributed by atoms with Gasteiger partial charge in [0.05, 0.1) is 12.1 Å². The molecule has 1 aromatic rings. The minimum atomic E-state index is 0.346. The van der Waals surface area contributed by atoms with Crippen molar-refractivity contribution in [2.24, 2.45) is 5.92 Å². The first kappa shape index (κ1) is 9.44. The third-order valence-corrected chi connectivity index (χ3v) is 2.58. The summed E-state index contributed by atoms with van der Waals surface area (Å²) in [5.74, 6) is 0.707. The van der Waals surface area contributed by atoms with E-state index in [4.69, 9.17) is 0 Å². The number of Topliss-reactive ketones (excluding diaryl/α,β-unsaturated/α-hetero) is 1. The van der Waals surface area contributed by atoms with E-state index in [-0.39, 0.29) is 0 Å². The summed E-state index contributed by atoms with van der Waals surface area (Å²) in [5, 5.41) is 4.36. The third-order valence-electron chi connectivity index (χ3n) is 2.58. The molecular weight excluding hydrogens is 176 g/mol. The molecule has 76 valence electrons. The maximum atomic E-state index is 11.5. The maximum absolute atomic E-state index is 11.5. The van der Waals surface area contributed by atoms with E-state index < -0.39 is 0 Å². The molecule has 0 radical (unpaired) electrons. The summed E-state index contributed by atoms with van der Waals surface area (Å²) in [5.41, 5.74) is 0.913. The van der Waals surface area contributed by atoms with Gasteiger partial charge in [0, 0.05) is 18.2 Å². The number of carbonyl (C=O) groups excluding carboxylic acids is 1. The molecule has 1 aromatic heterocycles. The number of rotatable bonds is 4. The van der Waals surface area contributed by atoms with Crippen molar-refractivity contribution in [3.8, 4) is 0 Å². The normalized spacial score (nSPS) is 16.2. The molecule has 0 spiro atoms. The quantitative estimate of drug-likeness (QED) is 0.731. The molecule has 2 rings (SSSR count). The fourth-order valence-corrected chi connectivity index (χ4v) is 1.49. The fourth-order valence-electron chi connectivity index (χ4n) is 1.49. The standard InChI is InChI=1S/C11H16N2O/c1-8(2)13-6-5-10(12-13)7-11(14)9-3-4-9/h5-6,8-9H,3-4,7H2,1-2H3. The van der Waals surface area contributed by atoms with Crippen LogP contribution in [0.1, 0.15) is 38.4 Å². The van der Waals surface area contributed by atoms with Gasteiger partial charge in [0.1, 0.15) is 5.78 Å². The van der Waals surface area contributed by atoms with Crippen LogP contribution >= 0.6 is 0 Å². The summed E-state index contributed by atoms with van der Waals surface area (Å²) in [6.45, 7) is 4.17. The van der Waals surface area contributed by atoms with Crippen molar-refractivity contribution in [1.82, 2.24) is 9.78 Å².